The number of halogens is 2. The van der Waals surface area contributed by atoms with E-state index < -0.39 is 12.1 Å². The van der Waals surface area contributed by atoms with Crippen LogP contribution in [0.1, 0.15) is 96.8 Å². The number of carboxylic acid groups (broad SMARTS) is 1. The Hall–Kier alpha value is -0.310. The molecule has 0 amide bonds. The van der Waals surface area contributed by atoms with Crippen LogP contribution in [0.4, 0.5) is 4.39 Å². The second kappa shape index (κ2) is 15.6. The lowest BCUT2D eigenvalue weighted by Gasteiger charge is -2.10. The molecule has 0 spiro atoms. The van der Waals surface area contributed by atoms with Crippen molar-refractivity contribution in [3.05, 3.63) is 0 Å². The number of carboxylic acids is 1. The zero-order valence-electron chi connectivity index (χ0n) is 14.2. The zero-order valence-corrected chi connectivity index (χ0v) is 14.9. The maximum absolute atomic E-state index is 12.9. The van der Waals surface area contributed by atoms with Crippen molar-refractivity contribution >= 4 is 17.6 Å². The SMILES string of the molecule is CCCCCCCCCCCCCCC(Cl)CC(F)C(=O)O. The average molecular weight is 337 g/mol. The number of carbonyl (C=O) groups is 1. The fraction of sp³-hybridized carbons (Fsp3) is 0.944. The number of unbranched alkanes of at least 4 members (excludes halogenated alkanes) is 11. The Bertz CT molecular complexity index is 261. The summed E-state index contributed by atoms with van der Waals surface area (Å²) in [6, 6.07) is 0. The van der Waals surface area contributed by atoms with Crippen molar-refractivity contribution < 1.29 is 14.3 Å². The van der Waals surface area contributed by atoms with Crippen molar-refractivity contribution in [3.8, 4) is 0 Å². The second-order valence-corrected chi connectivity index (χ2v) is 6.93. The van der Waals surface area contributed by atoms with Crippen LogP contribution < -0.4 is 0 Å². The molecule has 0 aliphatic carbocycles. The van der Waals surface area contributed by atoms with Crippen molar-refractivity contribution in [2.24, 2.45) is 0 Å². The topological polar surface area (TPSA) is 37.3 Å². The van der Waals surface area contributed by atoms with E-state index in [-0.39, 0.29) is 11.8 Å². The molecule has 2 unspecified atom stereocenters. The molecule has 0 fully saturated rings. The fourth-order valence-corrected chi connectivity index (χ4v) is 2.96. The molecule has 0 aromatic rings. The predicted octanol–water partition coefficient (Wildman–Crippen LogP) is 6.50. The van der Waals surface area contributed by atoms with Crippen LogP contribution in [0.2, 0.25) is 0 Å². The van der Waals surface area contributed by atoms with Gasteiger partial charge in [0, 0.05) is 11.8 Å². The van der Waals surface area contributed by atoms with Crippen LogP contribution in [-0.4, -0.2) is 22.6 Å². The van der Waals surface area contributed by atoms with Gasteiger partial charge in [0.2, 0.25) is 0 Å². The first kappa shape index (κ1) is 21.7. The molecule has 0 saturated carbocycles. The van der Waals surface area contributed by atoms with Gasteiger partial charge in [-0.3, -0.25) is 0 Å². The largest absolute Gasteiger partial charge is 0.479 e. The van der Waals surface area contributed by atoms with Crippen LogP contribution in [0.15, 0.2) is 0 Å². The van der Waals surface area contributed by atoms with E-state index in [1.54, 1.807) is 0 Å². The molecular weight excluding hydrogens is 303 g/mol. The monoisotopic (exact) mass is 336 g/mol. The van der Waals surface area contributed by atoms with Crippen LogP contribution in [0.3, 0.4) is 0 Å². The van der Waals surface area contributed by atoms with Gasteiger partial charge in [-0.1, -0.05) is 84.0 Å². The molecule has 22 heavy (non-hydrogen) atoms. The Morgan fingerprint density at radius 3 is 1.73 bits per heavy atom. The summed E-state index contributed by atoms with van der Waals surface area (Å²) >= 11 is 5.95. The van der Waals surface area contributed by atoms with E-state index in [1.807, 2.05) is 0 Å². The van der Waals surface area contributed by atoms with E-state index in [4.69, 9.17) is 16.7 Å². The highest BCUT2D eigenvalue weighted by Gasteiger charge is 2.19. The molecule has 0 bridgehead atoms. The Labute approximate surface area is 140 Å². The molecule has 0 aliphatic rings. The predicted molar refractivity (Wildman–Crippen MR) is 92.5 cm³/mol. The molecule has 1 N–H and O–H groups in total. The van der Waals surface area contributed by atoms with Crippen molar-refractivity contribution in [2.75, 3.05) is 0 Å². The number of aliphatic carboxylic acids is 1. The van der Waals surface area contributed by atoms with E-state index in [2.05, 4.69) is 6.92 Å². The molecule has 0 aliphatic heterocycles. The number of hydrogen-bond acceptors (Lipinski definition) is 1. The highest BCUT2D eigenvalue weighted by molar-refractivity contribution is 6.20. The third kappa shape index (κ3) is 14.6. The molecular formula is C18H34ClFO2. The van der Waals surface area contributed by atoms with Gasteiger partial charge in [-0.05, 0) is 6.42 Å². The minimum atomic E-state index is -1.82. The maximum Gasteiger partial charge on any atom is 0.338 e. The van der Waals surface area contributed by atoms with Gasteiger partial charge < -0.3 is 5.11 Å². The molecule has 0 radical (unpaired) electrons. The summed E-state index contributed by atoms with van der Waals surface area (Å²) in [6.45, 7) is 2.24. The van der Waals surface area contributed by atoms with Crippen LogP contribution in [0.5, 0.6) is 0 Å². The van der Waals surface area contributed by atoms with E-state index in [9.17, 15) is 9.18 Å². The number of rotatable bonds is 16. The maximum atomic E-state index is 12.9. The lowest BCUT2D eigenvalue weighted by Crippen LogP contribution is -2.19. The van der Waals surface area contributed by atoms with E-state index in [0.29, 0.717) is 6.42 Å². The first-order chi connectivity index (χ1) is 10.6. The van der Waals surface area contributed by atoms with Gasteiger partial charge in [0.05, 0.1) is 0 Å². The van der Waals surface area contributed by atoms with Gasteiger partial charge in [0.1, 0.15) is 0 Å². The lowest BCUT2D eigenvalue weighted by molar-refractivity contribution is -0.143. The molecule has 0 rings (SSSR count). The van der Waals surface area contributed by atoms with Gasteiger partial charge in [0.15, 0.2) is 6.17 Å². The van der Waals surface area contributed by atoms with Crippen molar-refractivity contribution in [1.82, 2.24) is 0 Å². The Morgan fingerprint density at radius 1 is 0.909 bits per heavy atom. The first-order valence-electron chi connectivity index (χ1n) is 9.08. The Morgan fingerprint density at radius 2 is 1.32 bits per heavy atom. The normalized spacial score (nSPS) is 14.0. The van der Waals surface area contributed by atoms with E-state index >= 15 is 0 Å². The molecule has 0 aromatic carbocycles. The third-order valence-corrected chi connectivity index (χ3v) is 4.50. The standard InChI is InChI=1S/C18H34ClFO2/c1-2-3-4-5-6-7-8-9-10-11-12-13-14-16(19)15-17(20)18(21)22/h16-17H,2-15H2,1H3,(H,21,22). The summed E-state index contributed by atoms with van der Waals surface area (Å²) in [6.07, 6.45) is 14.2. The minimum Gasteiger partial charge on any atom is -0.479 e. The number of alkyl halides is 2. The van der Waals surface area contributed by atoms with Gasteiger partial charge >= 0.3 is 5.97 Å². The summed E-state index contributed by atoms with van der Waals surface area (Å²) in [4.78, 5) is 10.4. The molecule has 2 atom stereocenters. The quantitative estimate of drug-likeness (QED) is 0.258. The molecule has 2 nitrogen and oxygen atoms in total. The fourth-order valence-electron chi connectivity index (χ4n) is 2.65. The zero-order chi connectivity index (χ0) is 16.6. The molecule has 4 heteroatoms. The van der Waals surface area contributed by atoms with E-state index in [0.717, 1.165) is 12.8 Å². The van der Waals surface area contributed by atoms with Gasteiger partial charge in [0.25, 0.3) is 0 Å². The highest BCUT2D eigenvalue weighted by atomic mass is 35.5. The summed E-state index contributed by atoms with van der Waals surface area (Å²) in [5.41, 5.74) is 0. The first-order valence-corrected chi connectivity index (χ1v) is 9.52. The van der Waals surface area contributed by atoms with Crippen LogP contribution in [-0.2, 0) is 4.79 Å². The molecule has 132 valence electrons. The Kier molecular flexibility index (Phi) is 15.4. The Balaban J connectivity index is 3.21. The van der Waals surface area contributed by atoms with E-state index in [1.165, 1.54) is 64.2 Å². The highest BCUT2D eigenvalue weighted by Crippen LogP contribution is 2.18. The molecule has 0 heterocycles. The van der Waals surface area contributed by atoms with Gasteiger partial charge in [-0.25, -0.2) is 9.18 Å². The van der Waals surface area contributed by atoms with Gasteiger partial charge in [-0.15, -0.1) is 11.6 Å². The summed E-state index contributed by atoms with van der Waals surface area (Å²) in [7, 11) is 0. The minimum absolute atomic E-state index is 0.0745. The lowest BCUT2D eigenvalue weighted by atomic mass is 10.0. The summed E-state index contributed by atoms with van der Waals surface area (Å²) in [5, 5.41) is 8.12. The van der Waals surface area contributed by atoms with Crippen molar-refractivity contribution in [2.45, 2.75) is 108 Å². The number of hydrogen-bond donors (Lipinski definition) is 1. The third-order valence-electron chi connectivity index (χ3n) is 4.10. The van der Waals surface area contributed by atoms with Crippen LogP contribution >= 0.6 is 11.6 Å². The second-order valence-electron chi connectivity index (χ2n) is 6.32. The molecule has 0 saturated heterocycles. The summed E-state index contributed by atoms with van der Waals surface area (Å²) < 4.78 is 12.9. The van der Waals surface area contributed by atoms with Crippen LogP contribution in [0.25, 0.3) is 0 Å². The van der Waals surface area contributed by atoms with Gasteiger partial charge in [-0.2, -0.15) is 0 Å². The van der Waals surface area contributed by atoms with Crippen molar-refractivity contribution in [3.63, 3.8) is 0 Å². The smallest absolute Gasteiger partial charge is 0.338 e. The summed E-state index contributed by atoms with van der Waals surface area (Å²) in [5.74, 6) is -1.40. The van der Waals surface area contributed by atoms with Crippen LogP contribution in [0, 0.1) is 0 Å². The molecule has 0 aromatic heterocycles. The average Bonchev–Trinajstić information content (AvgIpc) is 2.48. The van der Waals surface area contributed by atoms with Crippen molar-refractivity contribution in [1.29, 1.82) is 0 Å².